The van der Waals surface area contributed by atoms with Crippen LogP contribution >= 0.6 is 11.8 Å². The lowest BCUT2D eigenvalue weighted by molar-refractivity contribution is 0.102. The van der Waals surface area contributed by atoms with Crippen molar-refractivity contribution < 1.29 is 4.79 Å². The molecule has 6 heteroatoms. The maximum atomic E-state index is 12.4. The van der Waals surface area contributed by atoms with Crippen LogP contribution in [-0.4, -0.2) is 16.8 Å². The molecule has 25 heavy (non-hydrogen) atoms. The molecule has 1 heterocycles. The monoisotopic (exact) mass is 350 g/mol. The molecular weight excluding hydrogens is 332 g/mol. The molecule has 0 fully saturated rings. The van der Waals surface area contributed by atoms with Crippen molar-refractivity contribution >= 4 is 28.5 Å². The number of amidine groups is 1. The third-order valence-electron chi connectivity index (χ3n) is 4.19. The van der Waals surface area contributed by atoms with E-state index in [1.165, 1.54) is 0 Å². The molecule has 0 aliphatic carbocycles. The molecule has 1 amide bonds. The number of anilines is 1. The Kier molecular flexibility index (Phi) is 4.77. The molecule has 3 rings (SSSR count). The first kappa shape index (κ1) is 17.1. The highest BCUT2D eigenvalue weighted by Crippen LogP contribution is 2.35. The minimum absolute atomic E-state index is 0.249. The van der Waals surface area contributed by atoms with Crippen LogP contribution < -0.4 is 11.1 Å². The van der Waals surface area contributed by atoms with Gasteiger partial charge in [0, 0.05) is 17.0 Å². The van der Waals surface area contributed by atoms with Gasteiger partial charge in [0.05, 0.1) is 17.2 Å². The molecule has 0 aromatic heterocycles. The van der Waals surface area contributed by atoms with E-state index in [4.69, 9.17) is 11.0 Å². The SMILES string of the molecule is CC1(c2cccc(NC(=O)c3cccc(C#N)c3)c2)CCSC(N)=N1. The number of rotatable bonds is 3. The summed E-state index contributed by atoms with van der Waals surface area (Å²) in [6.45, 7) is 2.05. The van der Waals surface area contributed by atoms with E-state index in [0.717, 1.165) is 17.7 Å². The van der Waals surface area contributed by atoms with Gasteiger partial charge in [-0.25, -0.2) is 0 Å². The van der Waals surface area contributed by atoms with Crippen molar-refractivity contribution in [3.05, 3.63) is 65.2 Å². The molecule has 1 aliphatic rings. The lowest BCUT2D eigenvalue weighted by Crippen LogP contribution is -2.28. The molecule has 0 saturated carbocycles. The van der Waals surface area contributed by atoms with Gasteiger partial charge in [-0.2, -0.15) is 5.26 Å². The van der Waals surface area contributed by atoms with E-state index in [0.29, 0.717) is 22.0 Å². The Morgan fingerprint density at radius 1 is 1.32 bits per heavy atom. The Labute approximate surface area is 150 Å². The topological polar surface area (TPSA) is 91.3 Å². The van der Waals surface area contributed by atoms with Gasteiger partial charge in [-0.15, -0.1) is 0 Å². The number of hydrogen-bond donors (Lipinski definition) is 2. The lowest BCUT2D eigenvalue weighted by atomic mass is 9.89. The molecule has 5 nitrogen and oxygen atoms in total. The van der Waals surface area contributed by atoms with Crippen molar-refractivity contribution in [3.63, 3.8) is 0 Å². The second-order valence-electron chi connectivity index (χ2n) is 6.05. The maximum absolute atomic E-state index is 12.4. The Morgan fingerprint density at radius 2 is 2.12 bits per heavy atom. The van der Waals surface area contributed by atoms with E-state index < -0.39 is 0 Å². The predicted molar refractivity (Wildman–Crippen MR) is 102 cm³/mol. The summed E-state index contributed by atoms with van der Waals surface area (Å²) >= 11 is 1.56. The molecule has 126 valence electrons. The number of aliphatic imine (C=N–C) groups is 1. The number of benzene rings is 2. The first-order valence-corrected chi connectivity index (χ1v) is 8.89. The molecule has 0 saturated heterocycles. The third kappa shape index (κ3) is 3.83. The van der Waals surface area contributed by atoms with Crippen LogP contribution in [0.25, 0.3) is 0 Å². The number of carbonyl (C=O) groups excluding carboxylic acids is 1. The summed E-state index contributed by atoms with van der Waals surface area (Å²) in [7, 11) is 0. The van der Waals surface area contributed by atoms with Gasteiger partial charge in [0.2, 0.25) is 0 Å². The number of carbonyl (C=O) groups is 1. The summed E-state index contributed by atoms with van der Waals surface area (Å²) < 4.78 is 0. The Bertz CT molecular complexity index is 887. The normalized spacial score (nSPS) is 19.6. The number of nitrogens with two attached hydrogens (primary N) is 1. The molecule has 1 unspecified atom stereocenters. The molecule has 1 aliphatic heterocycles. The van der Waals surface area contributed by atoms with E-state index in [9.17, 15) is 4.79 Å². The van der Waals surface area contributed by atoms with Crippen molar-refractivity contribution in [3.8, 4) is 6.07 Å². The Morgan fingerprint density at radius 3 is 2.88 bits per heavy atom. The van der Waals surface area contributed by atoms with Gasteiger partial charge >= 0.3 is 0 Å². The fourth-order valence-corrected chi connectivity index (χ4v) is 3.73. The molecule has 0 spiro atoms. The number of nitriles is 1. The van der Waals surface area contributed by atoms with E-state index in [2.05, 4.69) is 17.2 Å². The van der Waals surface area contributed by atoms with Gasteiger partial charge in [-0.3, -0.25) is 9.79 Å². The van der Waals surface area contributed by atoms with Gasteiger partial charge < -0.3 is 11.1 Å². The second kappa shape index (κ2) is 6.99. The van der Waals surface area contributed by atoms with Crippen LogP contribution in [0.5, 0.6) is 0 Å². The summed E-state index contributed by atoms with van der Waals surface area (Å²) in [6.07, 6.45) is 0.889. The fraction of sp³-hybridized carbons (Fsp3) is 0.211. The van der Waals surface area contributed by atoms with Gasteiger partial charge in [-0.1, -0.05) is 30.0 Å². The van der Waals surface area contributed by atoms with E-state index in [1.807, 2.05) is 30.3 Å². The smallest absolute Gasteiger partial charge is 0.255 e. The third-order valence-corrected chi connectivity index (χ3v) is 4.99. The molecule has 0 radical (unpaired) electrons. The number of nitrogens with one attached hydrogen (secondary N) is 1. The second-order valence-corrected chi connectivity index (χ2v) is 7.17. The van der Waals surface area contributed by atoms with Crippen molar-refractivity contribution in [2.45, 2.75) is 18.9 Å². The number of hydrogen-bond acceptors (Lipinski definition) is 5. The van der Waals surface area contributed by atoms with Crippen molar-refractivity contribution in [2.75, 3.05) is 11.1 Å². The first-order valence-electron chi connectivity index (χ1n) is 7.90. The van der Waals surface area contributed by atoms with E-state index in [1.54, 1.807) is 36.0 Å². The number of thioether (sulfide) groups is 1. The molecule has 3 N–H and O–H groups in total. The van der Waals surface area contributed by atoms with Crippen molar-refractivity contribution in [2.24, 2.45) is 10.7 Å². The van der Waals surface area contributed by atoms with Gasteiger partial charge in [0.1, 0.15) is 0 Å². The number of nitrogens with zero attached hydrogens (tertiary/aromatic N) is 2. The summed E-state index contributed by atoms with van der Waals surface area (Å²) in [6, 6.07) is 16.3. The highest BCUT2D eigenvalue weighted by Gasteiger charge is 2.29. The highest BCUT2D eigenvalue weighted by atomic mass is 32.2. The van der Waals surface area contributed by atoms with Crippen LogP contribution in [0.2, 0.25) is 0 Å². The minimum Gasteiger partial charge on any atom is -0.379 e. The maximum Gasteiger partial charge on any atom is 0.255 e. The van der Waals surface area contributed by atoms with E-state index in [-0.39, 0.29) is 11.4 Å². The average molecular weight is 350 g/mol. The van der Waals surface area contributed by atoms with Crippen LogP contribution in [0.4, 0.5) is 5.69 Å². The summed E-state index contributed by atoms with van der Waals surface area (Å²) in [5, 5.41) is 12.4. The summed E-state index contributed by atoms with van der Waals surface area (Å²) in [5.41, 5.74) is 8.12. The molecular formula is C19H18N4OS. The lowest BCUT2D eigenvalue weighted by Gasteiger charge is -2.30. The summed E-state index contributed by atoms with van der Waals surface area (Å²) in [4.78, 5) is 17.0. The van der Waals surface area contributed by atoms with Crippen LogP contribution in [0.15, 0.2) is 53.5 Å². The Balaban J connectivity index is 1.83. The van der Waals surface area contributed by atoms with Crippen LogP contribution in [0, 0.1) is 11.3 Å². The van der Waals surface area contributed by atoms with E-state index >= 15 is 0 Å². The summed E-state index contributed by atoms with van der Waals surface area (Å²) in [5.74, 6) is 0.672. The van der Waals surface area contributed by atoms with Crippen molar-refractivity contribution in [1.29, 1.82) is 5.26 Å². The quantitative estimate of drug-likeness (QED) is 0.886. The molecule has 2 aromatic rings. The van der Waals surface area contributed by atoms with Crippen molar-refractivity contribution in [1.82, 2.24) is 0 Å². The van der Waals surface area contributed by atoms with Gasteiger partial charge in [0.15, 0.2) is 5.17 Å². The standard InChI is InChI=1S/C19H18N4OS/c1-19(8-9-25-18(21)23-19)15-6-3-7-16(11-15)22-17(24)14-5-2-4-13(10-14)12-20/h2-7,10-11H,8-9H2,1H3,(H2,21,23)(H,22,24). The van der Waals surface area contributed by atoms with Gasteiger partial charge in [-0.05, 0) is 49.2 Å². The Hall–Kier alpha value is -2.78. The molecule has 0 bridgehead atoms. The largest absolute Gasteiger partial charge is 0.379 e. The van der Waals surface area contributed by atoms with Crippen LogP contribution in [0.3, 0.4) is 0 Å². The zero-order valence-corrected chi connectivity index (χ0v) is 14.6. The van der Waals surface area contributed by atoms with Gasteiger partial charge in [0.25, 0.3) is 5.91 Å². The van der Waals surface area contributed by atoms with Crippen LogP contribution in [-0.2, 0) is 5.54 Å². The minimum atomic E-state index is -0.378. The highest BCUT2D eigenvalue weighted by molar-refractivity contribution is 8.13. The predicted octanol–water partition coefficient (Wildman–Crippen LogP) is 3.48. The molecule has 1 atom stereocenters. The number of amides is 1. The average Bonchev–Trinajstić information content (AvgIpc) is 2.62. The fourth-order valence-electron chi connectivity index (χ4n) is 2.76. The zero-order chi connectivity index (χ0) is 17.9. The first-order chi connectivity index (χ1) is 12.0. The zero-order valence-electron chi connectivity index (χ0n) is 13.8. The van der Waals surface area contributed by atoms with Crippen LogP contribution in [0.1, 0.15) is 34.8 Å². The molecule has 2 aromatic carbocycles.